The highest BCUT2D eigenvalue weighted by Crippen LogP contribution is 2.42. The summed E-state index contributed by atoms with van der Waals surface area (Å²) in [5, 5.41) is 8.93. The van der Waals surface area contributed by atoms with Crippen LogP contribution in [0.15, 0.2) is 30.3 Å². The monoisotopic (exact) mass is 260 g/mol. The smallest absolute Gasteiger partial charge is 0.328 e. The molecule has 0 amide bonds. The van der Waals surface area contributed by atoms with E-state index in [1.807, 2.05) is 45.0 Å². The molecule has 0 heterocycles. The Morgan fingerprint density at radius 3 is 2.26 bits per heavy atom. The van der Waals surface area contributed by atoms with Crippen molar-refractivity contribution in [3.8, 4) is 5.75 Å². The molecule has 0 unspecified atom stereocenters. The lowest BCUT2D eigenvalue weighted by atomic mass is 10.0. The zero-order valence-electron chi connectivity index (χ0n) is 11.6. The molecule has 1 aliphatic carbocycles. The molecule has 0 spiro atoms. The van der Waals surface area contributed by atoms with Gasteiger partial charge in [0.05, 0.1) is 0 Å². The van der Waals surface area contributed by atoms with Crippen molar-refractivity contribution in [1.82, 2.24) is 0 Å². The zero-order chi connectivity index (χ0) is 14.0. The van der Waals surface area contributed by atoms with Gasteiger partial charge in [0.15, 0.2) is 0 Å². The summed E-state index contributed by atoms with van der Waals surface area (Å²) in [5.41, 5.74) is 1.68. The van der Waals surface area contributed by atoms with E-state index in [0.29, 0.717) is 5.92 Å². The average molecular weight is 260 g/mol. The first-order valence-electron chi connectivity index (χ1n) is 6.59. The van der Waals surface area contributed by atoms with Gasteiger partial charge >= 0.3 is 5.97 Å². The van der Waals surface area contributed by atoms with Crippen LogP contribution in [-0.4, -0.2) is 16.7 Å². The predicted octanol–water partition coefficient (Wildman–Crippen LogP) is 3.74. The van der Waals surface area contributed by atoms with E-state index in [4.69, 9.17) is 9.84 Å². The van der Waals surface area contributed by atoms with Crippen molar-refractivity contribution in [3.05, 3.63) is 35.9 Å². The van der Waals surface area contributed by atoms with Crippen LogP contribution in [0.4, 0.5) is 0 Å². The highest BCUT2D eigenvalue weighted by Gasteiger charge is 2.27. The number of hydrogen-bond donors (Lipinski definition) is 1. The van der Waals surface area contributed by atoms with E-state index in [9.17, 15) is 4.79 Å². The molecule has 1 fully saturated rings. The van der Waals surface area contributed by atoms with Gasteiger partial charge in [0.25, 0.3) is 0 Å². The second-order valence-corrected chi connectivity index (χ2v) is 5.95. The second kappa shape index (κ2) is 5.08. The molecule has 102 valence electrons. The number of allylic oxidation sites excluding steroid dienone is 1. The highest BCUT2D eigenvalue weighted by atomic mass is 16.5. The average Bonchev–Trinajstić information content (AvgIpc) is 3.08. The van der Waals surface area contributed by atoms with Crippen molar-refractivity contribution in [2.75, 3.05) is 0 Å². The van der Waals surface area contributed by atoms with Crippen molar-refractivity contribution in [2.24, 2.45) is 5.92 Å². The molecular formula is C16H20O3. The van der Waals surface area contributed by atoms with E-state index in [1.165, 1.54) is 6.08 Å². The summed E-state index contributed by atoms with van der Waals surface area (Å²) in [5.74, 6) is 0.337. The molecule has 1 aromatic rings. The molecule has 2 rings (SSSR count). The van der Waals surface area contributed by atoms with E-state index in [0.717, 1.165) is 29.7 Å². The lowest BCUT2D eigenvalue weighted by Crippen LogP contribution is -2.22. The van der Waals surface area contributed by atoms with Crippen LogP contribution >= 0.6 is 0 Å². The maximum Gasteiger partial charge on any atom is 0.328 e. The number of carboxylic acid groups (broad SMARTS) is 1. The third kappa shape index (κ3) is 4.12. The molecule has 1 N–H and O–H groups in total. The van der Waals surface area contributed by atoms with Crippen LogP contribution in [0.1, 0.15) is 39.2 Å². The normalized spacial score (nSPS) is 16.3. The molecular weight excluding hydrogens is 240 g/mol. The van der Waals surface area contributed by atoms with Gasteiger partial charge in [-0.25, -0.2) is 4.79 Å². The SMILES string of the molecule is CC(C)(C)Oc1ccc(/C(=C/C(=O)O)C2CC2)cc1. The summed E-state index contributed by atoms with van der Waals surface area (Å²) in [6.07, 6.45) is 3.50. The first kappa shape index (κ1) is 13.7. The molecule has 0 radical (unpaired) electrons. The first-order chi connectivity index (χ1) is 8.85. The Morgan fingerprint density at radius 2 is 1.84 bits per heavy atom. The molecule has 3 heteroatoms. The minimum atomic E-state index is -0.878. The molecule has 0 saturated heterocycles. The van der Waals surface area contributed by atoms with Gasteiger partial charge in [-0.15, -0.1) is 0 Å². The minimum Gasteiger partial charge on any atom is -0.488 e. The molecule has 19 heavy (non-hydrogen) atoms. The van der Waals surface area contributed by atoms with Gasteiger partial charge in [-0.3, -0.25) is 0 Å². The number of aliphatic carboxylic acids is 1. The van der Waals surface area contributed by atoms with E-state index in [-0.39, 0.29) is 5.60 Å². The van der Waals surface area contributed by atoms with Crippen LogP contribution in [-0.2, 0) is 4.79 Å². The van der Waals surface area contributed by atoms with Crippen LogP contribution in [0.3, 0.4) is 0 Å². The molecule has 0 aliphatic heterocycles. The Bertz CT molecular complexity index is 488. The summed E-state index contributed by atoms with van der Waals surface area (Å²) in [6, 6.07) is 7.68. The topological polar surface area (TPSA) is 46.5 Å². The van der Waals surface area contributed by atoms with E-state index in [1.54, 1.807) is 0 Å². The molecule has 0 aromatic heterocycles. The maximum absolute atomic E-state index is 10.9. The van der Waals surface area contributed by atoms with E-state index < -0.39 is 5.97 Å². The van der Waals surface area contributed by atoms with Crippen LogP contribution in [0.25, 0.3) is 5.57 Å². The molecule has 0 atom stereocenters. The van der Waals surface area contributed by atoms with Gasteiger partial charge in [0, 0.05) is 6.08 Å². The second-order valence-electron chi connectivity index (χ2n) is 5.95. The molecule has 1 saturated carbocycles. The van der Waals surface area contributed by atoms with Crippen LogP contribution in [0.2, 0.25) is 0 Å². The number of carboxylic acids is 1. The van der Waals surface area contributed by atoms with Gasteiger partial charge in [0.1, 0.15) is 11.4 Å². The van der Waals surface area contributed by atoms with Gasteiger partial charge in [0.2, 0.25) is 0 Å². The Hall–Kier alpha value is -1.77. The largest absolute Gasteiger partial charge is 0.488 e. The lowest BCUT2D eigenvalue weighted by Gasteiger charge is -2.21. The van der Waals surface area contributed by atoms with Crippen molar-refractivity contribution in [1.29, 1.82) is 0 Å². The summed E-state index contributed by atoms with van der Waals surface area (Å²) in [6.45, 7) is 6.00. The van der Waals surface area contributed by atoms with Gasteiger partial charge in [-0.2, -0.15) is 0 Å². The number of hydrogen-bond acceptors (Lipinski definition) is 2. The first-order valence-corrected chi connectivity index (χ1v) is 6.59. The van der Waals surface area contributed by atoms with Crippen LogP contribution in [0, 0.1) is 5.92 Å². The fraction of sp³-hybridized carbons (Fsp3) is 0.438. The quantitative estimate of drug-likeness (QED) is 0.839. The third-order valence-electron chi connectivity index (χ3n) is 2.91. The molecule has 0 bridgehead atoms. The number of rotatable bonds is 4. The molecule has 3 nitrogen and oxygen atoms in total. The standard InChI is InChI=1S/C16H20O3/c1-16(2,3)19-13-8-6-12(7-9-13)14(10-15(17)18)11-4-5-11/h6-11H,4-5H2,1-3H3,(H,17,18)/b14-10+. The Labute approximate surface area is 113 Å². The fourth-order valence-electron chi connectivity index (χ4n) is 2.03. The zero-order valence-corrected chi connectivity index (χ0v) is 11.6. The summed E-state index contributed by atoms with van der Waals surface area (Å²) < 4.78 is 5.76. The predicted molar refractivity (Wildman–Crippen MR) is 75.2 cm³/mol. The number of carbonyl (C=O) groups is 1. The molecule has 1 aromatic carbocycles. The van der Waals surface area contributed by atoms with E-state index >= 15 is 0 Å². The Morgan fingerprint density at radius 1 is 1.26 bits per heavy atom. The fourth-order valence-corrected chi connectivity index (χ4v) is 2.03. The van der Waals surface area contributed by atoms with Crippen LogP contribution < -0.4 is 4.74 Å². The number of ether oxygens (including phenoxy) is 1. The Balaban J connectivity index is 2.19. The summed E-state index contributed by atoms with van der Waals surface area (Å²) >= 11 is 0. The van der Waals surface area contributed by atoms with Gasteiger partial charge in [-0.05, 0) is 62.8 Å². The maximum atomic E-state index is 10.9. The van der Waals surface area contributed by atoms with Gasteiger partial charge in [-0.1, -0.05) is 12.1 Å². The number of benzene rings is 1. The van der Waals surface area contributed by atoms with E-state index in [2.05, 4.69) is 0 Å². The van der Waals surface area contributed by atoms with Crippen molar-refractivity contribution in [2.45, 2.75) is 39.2 Å². The Kier molecular flexibility index (Phi) is 3.65. The minimum absolute atomic E-state index is 0.224. The van der Waals surface area contributed by atoms with Crippen molar-refractivity contribution < 1.29 is 14.6 Å². The lowest BCUT2D eigenvalue weighted by molar-refractivity contribution is -0.131. The highest BCUT2D eigenvalue weighted by molar-refractivity contribution is 5.91. The van der Waals surface area contributed by atoms with Crippen molar-refractivity contribution >= 4 is 11.5 Å². The summed E-state index contributed by atoms with van der Waals surface area (Å²) in [4.78, 5) is 10.9. The van der Waals surface area contributed by atoms with Crippen molar-refractivity contribution in [3.63, 3.8) is 0 Å². The molecule has 1 aliphatic rings. The van der Waals surface area contributed by atoms with Crippen LogP contribution in [0.5, 0.6) is 5.75 Å². The van der Waals surface area contributed by atoms with Gasteiger partial charge < -0.3 is 9.84 Å². The third-order valence-corrected chi connectivity index (χ3v) is 2.91. The summed E-state index contributed by atoms with van der Waals surface area (Å²) in [7, 11) is 0.